The normalized spacial score (nSPS) is 19.3. The van der Waals surface area contributed by atoms with Crippen molar-refractivity contribution in [1.29, 1.82) is 0 Å². The predicted octanol–water partition coefficient (Wildman–Crippen LogP) is 3.48. The molecule has 2 saturated heterocycles. The molecule has 0 radical (unpaired) electrons. The second kappa shape index (κ2) is 11.6. The van der Waals surface area contributed by atoms with Crippen molar-refractivity contribution in [3.05, 3.63) is 35.9 Å². The van der Waals surface area contributed by atoms with Crippen LogP contribution < -0.4 is 5.32 Å². The Hall–Kier alpha value is -2.77. The van der Waals surface area contributed by atoms with Gasteiger partial charge in [-0.15, -0.1) is 0 Å². The fourth-order valence-corrected chi connectivity index (χ4v) is 4.23. The van der Waals surface area contributed by atoms with Crippen LogP contribution in [0.2, 0.25) is 0 Å². The summed E-state index contributed by atoms with van der Waals surface area (Å²) >= 11 is 0. The quantitative estimate of drug-likeness (QED) is 0.478. The molecule has 0 aliphatic carbocycles. The first-order valence-electron chi connectivity index (χ1n) is 11.3. The van der Waals surface area contributed by atoms with Crippen molar-refractivity contribution in [1.82, 2.24) is 15.1 Å². The third-order valence-electron chi connectivity index (χ3n) is 5.88. The van der Waals surface area contributed by atoms with E-state index in [0.29, 0.717) is 39.3 Å². The number of carbonyl (C=O) groups excluding carboxylic acids is 3. The average molecular weight is 432 g/mol. The van der Waals surface area contributed by atoms with Gasteiger partial charge in [0.15, 0.2) is 0 Å². The first-order chi connectivity index (χ1) is 15.1. The van der Waals surface area contributed by atoms with Crippen molar-refractivity contribution in [3.63, 3.8) is 0 Å². The maximum absolute atomic E-state index is 12.4. The van der Waals surface area contributed by atoms with Crippen LogP contribution in [0.5, 0.6) is 0 Å². The number of likely N-dealkylation sites (tertiary alicyclic amines) is 1. The number of unbranched alkanes of at least 4 members (excludes halogenated alkanes) is 2. The predicted molar refractivity (Wildman–Crippen MR) is 115 cm³/mol. The molecule has 31 heavy (non-hydrogen) atoms. The van der Waals surface area contributed by atoms with Crippen LogP contribution in [-0.2, 0) is 14.3 Å². The summed E-state index contributed by atoms with van der Waals surface area (Å²) in [4.78, 5) is 39.8. The molecule has 3 amide bonds. The number of nitrogens with zero attached hydrogens (tertiary/aromatic N) is 2. The van der Waals surface area contributed by atoms with Crippen LogP contribution >= 0.6 is 0 Å². The molecule has 0 spiro atoms. The van der Waals surface area contributed by atoms with E-state index < -0.39 is 0 Å². The fourth-order valence-electron chi connectivity index (χ4n) is 4.23. The number of benzene rings is 1. The number of hydrogen-bond donors (Lipinski definition) is 1. The van der Waals surface area contributed by atoms with Gasteiger partial charge in [0.2, 0.25) is 0 Å². The largest absolute Gasteiger partial charge is 0.466 e. The SMILES string of the molecule is CCOC(=O)CCCCCNC(=O)N1CCC(N2C(=O)OCC2c2ccccc2)CC1. The van der Waals surface area contributed by atoms with E-state index in [1.165, 1.54) is 0 Å². The lowest BCUT2D eigenvalue weighted by atomic mass is 9.99. The Balaban J connectivity index is 1.37. The van der Waals surface area contributed by atoms with E-state index >= 15 is 0 Å². The number of cyclic esters (lactones) is 1. The molecule has 0 aromatic heterocycles. The Morgan fingerprint density at radius 3 is 2.58 bits per heavy atom. The molecule has 2 aliphatic heterocycles. The van der Waals surface area contributed by atoms with Crippen molar-refractivity contribution < 1.29 is 23.9 Å². The van der Waals surface area contributed by atoms with E-state index in [1.807, 2.05) is 40.1 Å². The van der Waals surface area contributed by atoms with Crippen LogP contribution in [0.15, 0.2) is 30.3 Å². The topological polar surface area (TPSA) is 88.2 Å². The van der Waals surface area contributed by atoms with Gasteiger partial charge in [-0.1, -0.05) is 36.8 Å². The number of ether oxygens (including phenoxy) is 2. The third kappa shape index (κ3) is 6.35. The molecule has 2 heterocycles. The Morgan fingerprint density at radius 2 is 1.87 bits per heavy atom. The summed E-state index contributed by atoms with van der Waals surface area (Å²) in [5.41, 5.74) is 1.08. The highest BCUT2D eigenvalue weighted by Gasteiger charge is 2.40. The Bertz CT molecular complexity index is 734. The molecule has 0 saturated carbocycles. The summed E-state index contributed by atoms with van der Waals surface area (Å²) in [6.07, 6.45) is 4.13. The zero-order valence-corrected chi connectivity index (χ0v) is 18.3. The van der Waals surface area contributed by atoms with Crippen LogP contribution in [0, 0.1) is 0 Å². The second-order valence-electron chi connectivity index (χ2n) is 7.98. The molecular weight excluding hydrogens is 398 g/mol. The fraction of sp³-hybridized carbons (Fsp3) is 0.609. The van der Waals surface area contributed by atoms with Crippen LogP contribution in [0.3, 0.4) is 0 Å². The molecule has 0 bridgehead atoms. The average Bonchev–Trinajstić information content (AvgIpc) is 3.18. The maximum atomic E-state index is 12.4. The summed E-state index contributed by atoms with van der Waals surface area (Å²) in [6, 6.07) is 9.90. The molecule has 1 atom stereocenters. The van der Waals surface area contributed by atoms with E-state index in [4.69, 9.17) is 9.47 Å². The monoisotopic (exact) mass is 431 g/mol. The van der Waals surface area contributed by atoms with E-state index in [0.717, 1.165) is 37.7 Å². The lowest BCUT2D eigenvalue weighted by molar-refractivity contribution is -0.143. The summed E-state index contributed by atoms with van der Waals surface area (Å²) in [7, 11) is 0. The number of piperidine rings is 1. The number of nitrogens with one attached hydrogen (secondary N) is 1. The van der Waals surface area contributed by atoms with Crippen molar-refractivity contribution in [2.24, 2.45) is 0 Å². The summed E-state index contributed by atoms with van der Waals surface area (Å²) in [5, 5.41) is 2.96. The molecule has 1 aromatic carbocycles. The van der Waals surface area contributed by atoms with Gasteiger partial charge in [-0.3, -0.25) is 9.69 Å². The number of amides is 3. The molecule has 8 nitrogen and oxygen atoms in total. The number of urea groups is 1. The van der Waals surface area contributed by atoms with Crippen LogP contribution in [0.1, 0.15) is 57.1 Å². The Kier molecular flexibility index (Phi) is 8.55. The minimum absolute atomic E-state index is 0.0614. The van der Waals surface area contributed by atoms with E-state index in [1.54, 1.807) is 6.92 Å². The molecule has 170 valence electrons. The molecule has 1 aromatic rings. The van der Waals surface area contributed by atoms with Crippen LogP contribution in [0.4, 0.5) is 9.59 Å². The first kappa shape index (κ1) is 22.9. The number of rotatable bonds is 9. The van der Waals surface area contributed by atoms with Crippen molar-refractivity contribution in [2.45, 2.75) is 57.5 Å². The van der Waals surface area contributed by atoms with Gasteiger partial charge in [-0.05, 0) is 38.2 Å². The minimum atomic E-state index is -0.264. The highest BCUT2D eigenvalue weighted by Crippen LogP contribution is 2.33. The molecule has 8 heteroatoms. The van der Waals surface area contributed by atoms with E-state index in [2.05, 4.69) is 5.32 Å². The smallest absolute Gasteiger partial charge is 0.410 e. The lowest BCUT2D eigenvalue weighted by Gasteiger charge is -2.37. The van der Waals surface area contributed by atoms with Crippen molar-refractivity contribution in [3.8, 4) is 0 Å². The maximum Gasteiger partial charge on any atom is 0.410 e. The van der Waals surface area contributed by atoms with Gasteiger partial charge in [-0.2, -0.15) is 0 Å². The molecular formula is C23H33N3O5. The number of esters is 1. The molecule has 2 aliphatic rings. The highest BCUT2D eigenvalue weighted by molar-refractivity contribution is 5.74. The van der Waals surface area contributed by atoms with Crippen molar-refractivity contribution in [2.75, 3.05) is 32.8 Å². The van der Waals surface area contributed by atoms with E-state index in [-0.39, 0.29) is 30.2 Å². The van der Waals surface area contributed by atoms with Gasteiger partial charge >= 0.3 is 18.1 Å². The van der Waals surface area contributed by atoms with Gasteiger partial charge in [0.25, 0.3) is 0 Å². The highest BCUT2D eigenvalue weighted by atomic mass is 16.6. The number of hydrogen-bond acceptors (Lipinski definition) is 5. The zero-order valence-electron chi connectivity index (χ0n) is 18.3. The van der Waals surface area contributed by atoms with Gasteiger partial charge in [-0.25, -0.2) is 9.59 Å². The van der Waals surface area contributed by atoms with E-state index in [9.17, 15) is 14.4 Å². The number of carbonyl (C=O) groups is 3. The van der Waals surface area contributed by atoms with Crippen molar-refractivity contribution >= 4 is 18.1 Å². The van der Waals surface area contributed by atoms with Crippen LogP contribution in [-0.4, -0.2) is 66.8 Å². The molecule has 1 unspecified atom stereocenters. The van der Waals surface area contributed by atoms with Crippen LogP contribution in [0.25, 0.3) is 0 Å². The third-order valence-corrected chi connectivity index (χ3v) is 5.88. The first-order valence-corrected chi connectivity index (χ1v) is 11.3. The Morgan fingerprint density at radius 1 is 1.13 bits per heavy atom. The summed E-state index contributed by atoms with van der Waals surface area (Å²) in [6.45, 7) is 4.41. The Labute approximate surface area is 183 Å². The molecule has 3 rings (SSSR count). The lowest BCUT2D eigenvalue weighted by Crippen LogP contribution is -2.50. The molecule has 2 fully saturated rings. The second-order valence-corrected chi connectivity index (χ2v) is 7.98. The zero-order chi connectivity index (χ0) is 22.1. The van der Waals surface area contributed by atoms with Gasteiger partial charge in [0.05, 0.1) is 12.6 Å². The summed E-state index contributed by atoms with van der Waals surface area (Å²) in [5.74, 6) is -0.161. The molecule has 1 N–H and O–H groups in total. The van der Waals surface area contributed by atoms with Gasteiger partial charge in [0.1, 0.15) is 6.61 Å². The van der Waals surface area contributed by atoms with Gasteiger partial charge in [0, 0.05) is 32.1 Å². The van der Waals surface area contributed by atoms with Gasteiger partial charge < -0.3 is 19.7 Å². The summed E-state index contributed by atoms with van der Waals surface area (Å²) < 4.78 is 10.2. The standard InChI is InChI=1S/C23H33N3O5/c1-2-30-21(27)11-7-4-8-14-24-22(28)25-15-12-19(13-16-25)26-20(17-31-23(26)29)18-9-5-3-6-10-18/h3,5-6,9-10,19-20H,2,4,7-8,11-17H2,1H3,(H,24,28). The minimum Gasteiger partial charge on any atom is -0.466 e.